The van der Waals surface area contributed by atoms with Gasteiger partial charge >= 0.3 is 11.9 Å². The number of methoxy groups -OCH3 is 1. The molecule has 8 heteroatoms. The number of para-hydroxylation sites is 1. The van der Waals surface area contributed by atoms with Crippen LogP contribution in [0.25, 0.3) is 0 Å². The summed E-state index contributed by atoms with van der Waals surface area (Å²) in [5.41, 5.74) is 5.84. The number of hydrogen-bond donors (Lipinski definition) is 2. The van der Waals surface area contributed by atoms with Crippen molar-refractivity contribution in [3.05, 3.63) is 28.8 Å². The predicted molar refractivity (Wildman–Crippen MR) is 89.5 cm³/mol. The molecule has 24 heavy (non-hydrogen) atoms. The average molecular weight is 357 g/mol. The highest BCUT2D eigenvalue weighted by Gasteiger charge is 2.27. The summed E-state index contributed by atoms with van der Waals surface area (Å²) in [6.07, 6.45) is 0.666. The van der Waals surface area contributed by atoms with Crippen LogP contribution < -0.4 is 11.1 Å². The van der Waals surface area contributed by atoms with Crippen molar-refractivity contribution < 1.29 is 23.9 Å². The van der Waals surface area contributed by atoms with Gasteiger partial charge in [-0.05, 0) is 18.1 Å². The number of anilines is 1. The number of halogens is 1. The number of hydrogen-bond acceptors (Lipinski definition) is 6. The zero-order valence-electron chi connectivity index (χ0n) is 13.8. The molecule has 0 bridgehead atoms. The molecule has 2 unspecified atom stereocenters. The summed E-state index contributed by atoms with van der Waals surface area (Å²) in [6.45, 7) is 3.14. The van der Waals surface area contributed by atoms with Crippen molar-refractivity contribution in [2.24, 2.45) is 5.92 Å². The van der Waals surface area contributed by atoms with Crippen LogP contribution in [0.1, 0.15) is 30.6 Å². The molecule has 0 spiro atoms. The summed E-state index contributed by atoms with van der Waals surface area (Å²) in [7, 11) is 1.24. The molecular weight excluding hydrogens is 336 g/mol. The molecule has 1 aromatic carbocycles. The quantitative estimate of drug-likeness (QED) is 0.569. The number of nitrogens with one attached hydrogen (secondary N) is 1. The van der Waals surface area contributed by atoms with Gasteiger partial charge in [-0.3, -0.25) is 4.79 Å². The SMILES string of the molecule is CCC(C)C(NC(=O)COC(=O)c1cccc(Cl)c1N)C(=O)OC. The van der Waals surface area contributed by atoms with Crippen LogP contribution in [0.4, 0.5) is 5.69 Å². The van der Waals surface area contributed by atoms with E-state index in [2.05, 4.69) is 10.1 Å². The minimum atomic E-state index is -0.803. The highest BCUT2D eigenvalue weighted by atomic mass is 35.5. The van der Waals surface area contributed by atoms with Crippen LogP contribution in [-0.4, -0.2) is 37.6 Å². The molecule has 3 N–H and O–H groups in total. The Hall–Kier alpha value is -2.28. The summed E-state index contributed by atoms with van der Waals surface area (Å²) >= 11 is 5.83. The maximum Gasteiger partial charge on any atom is 0.340 e. The number of amides is 1. The van der Waals surface area contributed by atoms with Crippen LogP contribution in [0.5, 0.6) is 0 Å². The number of carbonyl (C=O) groups excluding carboxylic acids is 3. The Kier molecular flexibility index (Phi) is 7.51. The minimum Gasteiger partial charge on any atom is -0.467 e. The van der Waals surface area contributed by atoms with E-state index in [1.807, 2.05) is 6.92 Å². The van der Waals surface area contributed by atoms with E-state index in [4.69, 9.17) is 22.1 Å². The van der Waals surface area contributed by atoms with Crippen molar-refractivity contribution in [3.8, 4) is 0 Å². The van der Waals surface area contributed by atoms with E-state index < -0.39 is 30.5 Å². The Bertz CT molecular complexity index is 620. The highest BCUT2D eigenvalue weighted by molar-refractivity contribution is 6.33. The lowest BCUT2D eigenvalue weighted by Gasteiger charge is -2.21. The molecule has 0 saturated heterocycles. The van der Waals surface area contributed by atoms with E-state index >= 15 is 0 Å². The first-order valence-corrected chi connectivity index (χ1v) is 7.77. The smallest absolute Gasteiger partial charge is 0.340 e. The lowest BCUT2D eigenvalue weighted by Crippen LogP contribution is -2.47. The molecule has 0 aliphatic heterocycles. The number of nitrogen functional groups attached to an aromatic ring is 1. The van der Waals surface area contributed by atoms with Crippen molar-refractivity contribution in [1.82, 2.24) is 5.32 Å². The Labute approximate surface area is 145 Å². The van der Waals surface area contributed by atoms with Crippen LogP contribution in [0.15, 0.2) is 18.2 Å². The summed E-state index contributed by atoms with van der Waals surface area (Å²) in [5.74, 6) is -2.06. The number of carbonyl (C=O) groups is 3. The first kappa shape index (κ1) is 19.8. The zero-order valence-corrected chi connectivity index (χ0v) is 14.6. The Balaban J connectivity index is 2.66. The Morgan fingerprint density at radius 3 is 2.58 bits per heavy atom. The standard InChI is InChI=1S/C16H21ClN2O5/c1-4-9(2)14(16(22)23-3)19-12(20)8-24-15(21)10-6-5-7-11(17)13(10)18/h5-7,9,14H,4,8,18H2,1-3H3,(H,19,20). The van der Waals surface area contributed by atoms with Gasteiger partial charge in [0.2, 0.25) is 0 Å². The molecule has 0 fully saturated rings. The monoisotopic (exact) mass is 356 g/mol. The van der Waals surface area contributed by atoms with Gasteiger partial charge in [0.1, 0.15) is 6.04 Å². The van der Waals surface area contributed by atoms with E-state index in [1.165, 1.54) is 19.2 Å². The number of esters is 2. The van der Waals surface area contributed by atoms with E-state index in [9.17, 15) is 14.4 Å². The van der Waals surface area contributed by atoms with Gasteiger partial charge in [-0.25, -0.2) is 9.59 Å². The molecule has 1 rings (SSSR count). The second kappa shape index (κ2) is 9.12. The van der Waals surface area contributed by atoms with Gasteiger partial charge in [-0.15, -0.1) is 0 Å². The highest BCUT2D eigenvalue weighted by Crippen LogP contribution is 2.22. The van der Waals surface area contributed by atoms with Crippen molar-refractivity contribution in [2.75, 3.05) is 19.5 Å². The third kappa shape index (κ3) is 5.13. The lowest BCUT2D eigenvalue weighted by molar-refractivity contribution is -0.147. The largest absolute Gasteiger partial charge is 0.467 e. The molecule has 0 radical (unpaired) electrons. The maximum absolute atomic E-state index is 12.0. The zero-order chi connectivity index (χ0) is 18.3. The average Bonchev–Trinajstić information content (AvgIpc) is 2.58. The van der Waals surface area contributed by atoms with E-state index in [-0.39, 0.29) is 22.2 Å². The van der Waals surface area contributed by atoms with Gasteiger partial charge in [-0.2, -0.15) is 0 Å². The van der Waals surface area contributed by atoms with Crippen LogP contribution in [0.2, 0.25) is 5.02 Å². The molecule has 0 heterocycles. The van der Waals surface area contributed by atoms with Crippen molar-refractivity contribution in [2.45, 2.75) is 26.3 Å². The fraction of sp³-hybridized carbons (Fsp3) is 0.438. The van der Waals surface area contributed by atoms with E-state index in [0.29, 0.717) is 6.42 Å². The minimum absolute atomic E-state index is 0.0711. The van der Waals surface area contributed by atoms with Gasteiger partial charge < -0.3 is 20.5 Å². The topological polar surface area (TPSA) is 108 Å². The molecule has 0 aliphatic carbocycles. The van der Waals surface area contributed by atoms with Crippen molar-refractivity contribution in [3.63, 3.8) is 0 Å². The first-order valence-electron chi connectivity index (χ1n) is 7.40. The summed E-state index contributed by atoms with van der Waals surface area (Å²) < 4.78 is 9.58. The molecule has 1 amide bonds. The van der Waals surface area contributed by atoms with Crippen LogP contribution in [0, 0.1) is 5.92 Å². The number of rotatable bonds is 7. The van der Waals surface area contributed by atoms with Crippen molar-refractivity contribution in [1.29, 1.82) is 0 Å². The van der Waals surface area contributed by atoms with E-state index in [1.54, 1.807) is 13.0 Å². The maximum atomic E-state index is 12.0. The summed E-state index contributed by atoms with van der Waals surface area (Å²) in [5, 5.41) is 2.72. The van der Waals surface area contributed by atoms with Gasteiger partial charge in [0, 0.05) is 0 Å². The summed E-state index contributed by atoms with van der Waals surface area (Å²) in [6, 6.07) is 3.72. The molecule has 0 aromatic heterocycles. The molecule has 1 aromatic rings. The molecule has 0 saturated carbocycles. The van der Waals surface area contributed by atoms with E-state index in [0.717, 1.165) is 0 Å². The fourth-order valence-electron chi connectivity index (χ4n) is 1.94. The molecule has 0 aliphatic rings. The number of benzene rings is 1. The Morgan fingerprint density at radius 1 is 1.33 bits per heavy atom. The second-order valence-corrected chi connectivity index (χ2v) is 5.64. The van der Waals surface area contributed by atoms with Crippen LogP contribution in [0.3, 0.4) is 0 Å². The van der Waals surface area contributed by atoms with Crippen molar-refractivity contribution >= 4 is 35.1 Å². The van der Waals surface area contributed by atoms with Gasteiger partial charge in [0.05, 0.1) is 23.4 Å². The third-order valence-electron chi connectivity index (χ3n) is 3.59. The normalized spacial score (nSPS) is 12.8. The molecule has 2 atom stereocenters. The summed E-state index contributed by atoms with van der Waals surface area (Å²) in [4.78, 5) is 35.6. The molecule has 7 nitrogen and oxygen atoms in total. The predicted octanol–water partition coefficient (Wildman–Crippen LogP) is 1.78. The van der Waals surface area contributed by atoms with Gasteiger partial charge in [0.15, 0.2) is 6.61 Å². The molecular formula is C16H21ClN2O5. The lowest BCUT2D eigenvalue weighted by atomic mass is 9.99. The van der Waals surface area contributed by atoms with Gasteiger partial charge in [0.25, 0.3) is 5.91 Å². The first-order chi connectivity index (χ1) is 11.3. The number of nitrogens with two attached hydrogens (primary N) is 1. The van der Waals surface area contributed by atoms with Crippen LogP contribution in [-0.2, 0) is 19.1 Å². The number of ether oxygens (including phenoxy) is 2. The Morgan fingerprint density at radius 2 is 2.00 bits per heavy atom. The second-order valence-electron chi connectivity index (χ2n) is 5.23. The third-order valence-corrected chi connectivity index (χ3v) is 3.92. The van der Waals surface area contributed by atoms with Crippen LogP contribution >= 0.6 is 11.6 Å². The fourth-order valence-corrected chi connectivity index (χ4v) is 2.11. The molecule has 132 valence electrons. The van der Waals surface area contributed by atoms with Gasteiger partial charge in [-0.1, -0.05) is 37.9 Å².